The van der Waals surface area contributed by atoms with Crippen molar-refractivity contribution in [2.24, 2.45) is 0 Å². The van der Waals surface area contributed by atoms with Gasteiger partial charge in [0.1, 0.15) is 6.33 Å². The molecule has 0 atom stereocenters. The largest absolute Gasteiger partial charge is 0.259 e. The monoisotopic (exact) mass is 253 g/mol. The molecule has 1 aromatic carbocycles. The van der Waals surface area contributed by atoms with E-state index >= 15 is 0 Å². The minimum Gasteiger partial charge on any atom is -0.259 e. The van der Waals surface area contributed by atoms with Gasteiger partial charge in [-0.2, -0.15) is 5.10 Å². The van der Waals surface area contributed by atoms with Crippen LogP contribution >= 0.6 is 0 Å². The van der Waals surface area contributed by atoms with Gasteiger partial charge in [0.25, 0.3) is 0 Å². The number of nitrogens with one attached hydrogen (secondary N) is 1. The van der Waals surface area contributed by atoms with Gasteiger partial charge < -0.3 is 0 Å². The van der Waals surface area contributed by atoms with E-state index in [1.165, 1.54) is 12.4 Å². The Balaban J connectivity index is 0.000000771. The Morgan fingerprint density at radius 2 is 1.72 bits per heavy atom. The lowest BCUT2D eigenvalue weighted by atomic mass is 9.96. The van der Waals surface area contributed by atoms with Crippen molar-refractivity contribution in [3.05, 3.63) is 35.7 Å². The minimum absolute atomic E-state index is 0.0789. The van der Waals surface area contributed by atoms with E-state index in [0.717, 1.165) is 6.07 Å². The fourth-order valence-corrected chi connectivity index (χ4v) is 1.58. The molecule has 0 bridgehead atoms. The summed E-state index contributed by atoms with van der Waals surface area (Å²) >= 11 is 0. The van der Waals surface area contributed by atoms with E-state index < -0.39 is 11.6 Å². The van der Waals surface area contributed by atoms with E-state index in [-0.39, 0.29) is 5.92 Å². The summed E-state index contributed by atoms with van der Waals surface area (Å²) in [6.45, 7) is 7.82. The molecular weight excluding hydrogens is 236 g/mol. The van der Waals surface area contributed by atoms with Crippen molar-refractivity contribution in [3.8, 4) is 11.4 Å². The Morgan fingerprint density at radius 1 is 1.11 bits per heavy atom. The molecule has 0 saturated heterocycles. The first-order valence-electron chi connectivity index (χ1n) is 5.94. The van der Waals surface area contributed by atoms with Gasteiger partial charge in [-0.05, 0) is 23.6 Å². The number of rotatable bonds is 2. The number of nitrogens with zero attached hydrogens (tertiary/aromatic N) is 2. The maximum absolute atomic E-state index is 13.2. The molecule has 0 saturated carbocycles. The highest BCUT2D eigenvalue weighted by Gasteiger charge is 2.15. The van der Waals surface area contributed by atoms with Gasteiger partial charge in [0, 0.05) is 5.56 Å². The predicted octanol–water partition coefficient (Wildman–Crippen LogP) is 3.90. The molecule has 1 N–H and O–H groups in total. The summed E-state index contributed by atoms with van der Waals surface area (Å²) < 4.78 is 26.3. The number of halogens is 2. The van der Waals surface area contributed by atoms with Crippen LogP contribution in [0.5, 0.6) is 0 Å². The van der Waals surface area contributed by atoms with Crippen LogP contribution in [0.1, 0.15) is 39.2 Å². The Hall–Kier alpha value is -1.78. The van der Waals surface area contributed by atoms with Gasteiger partial charge in [0.2, 0.25) is 0 Å². The molecule has 0 aliphatic rings. The normalized spacial score (nSPS) is 10.2. The second kappa shape index (κ2) is 6.23. The molecule has 0 fully saturated rings. The molecule has 0 radical (unpaired) electrons. The molecule has 0 aliphatic carbocycles. The van der Waals surface area contributed by atoms with Crippen molar-refractivity contribution in [2.45, 2.75) is 33.6 Å². The molecule has 2 rings (SSSR count). The third-order valence-electron chi connectivity index (χ3n) is 2.38. The van der Waals surface area contributed by atoms with Gasteiger partial charge in [-0.3, -0.25) is 5.10 Å². The molecule has 0 aliphatic heterocycles. The average molecular weight is 253 g/mol. The molecule has 5 heteroatoms. The Morgan fingerprint density at radius 3 is 2.22 bits per heavy atom. The van der Waals surface area contributed by atoms with Gasteiger partial charge in [0.15, 0.2) is 17.5 Å². The van der Waals surface area contributed by atoms with Gasteiger partial charge in [-0.25, -0.2) is 13.8 Å². The summed E-state index contributed by atoms with van der Waals surface area (Å²) in [5.74, 6) is -1.19. The van der Waals surface area contributed by atoms with Gasteiger partial charge in [-0.15, -0.1) is 0 Å². The molecule has 1 aromatic heterocycles. The first kappa shape index (κ1) is 14.3. The number of benzene rings is 1. The molecule has 3 nitrogen and oxygen atoms in total. The van der Waals surface area contributed by atoms with Crippen LogP contribution in [-0.4, -0.2) is 15.2 Å². The SMILES string of the molecule is CC.CC(C)c1cc(F)c(F)cc1-c1ncn[nH]1. The summed E-state index contributed by atoms with van der Waals surface area (Å²) in [7, 11) is 0. The van der Waals surface area contributed by atoms with E-state index in [9.17, 15) is 8.78 Å². The van der Waals surface area contributed by atoms with Crippen LogP contribution in [0.15, 0.2) is 18.5 Å². The van der Waals surface area contributed by atoms with Crippen molar-refractivity contribution in [2.75, 3.05) is 0 Å². The Kier molecular flexibility index (Phi) is 4.95. The van der Waals surface area contributed by atoms with Crippen LogP contribution in [0, 0.1) is 11.6 Å². The number of H-pyrrole nitrogens is 1. The number of aromatic nitrogens is 3. The summed E-state index contributed by atoms with van der Waals surface area (Å²) in [5.41, 5.74) is 1.25. The highest BCUT2D eigenvalue weighted by atomic mass is 19.2. The standard InChI is InChI=1S/C11H11F2N3.C2H6/c1-6(2)7-3-9(12)10(13)4-8(7)11-14-5-15-16-11;1-2/h3-6H,1-2H3,(H,14,15,16);1-2H3. The van der Waals surface area contributed by atoms with E-state index in [4.69, 9.17) is 0 Å². The fraction of sp³-hybridized carbons (Fsp3) is 0.385. The van der Waals surface area contributed by atoms with Crippen LogP contribution in [0.2, 0.25) is 0 Å². The first-order chi connectivity index (χ1) is 8.59. The maximum atomic E-state index is 13.2. The molecule has 1 heterocycles. The van der Waals surface area contributed by atoms with Crippen LogP contribution in [0.25, 0.3) is 11.4 Å². The molecular formula is C13H17F2N3. The van der Waals surface area contributed by atoms with Crippen molar-refractivity contribution in [3.63, 3.8) is 0 Å². The quantitative estimate of drug-likeness (QED) is 0.881. The summed E-state index contributed by atoms with van der Waals surface area (Å²) in [5, 5.41) is 6.34. The lowest BCUT2D eigenvalue weighted by molar-refractivity contribution is 0.506. The highest BCUT2D eigenvalue weighted by molar-refractivity contribution is 5.60. The second-order valence-electron chi connectivity index (χ2n) is 3.84. The molecule has 0 spiro atoms. The highest BCUT2D eigenvalue weighted by Crippen LogP contribution is 2.28. The third kappa shape index (κ3) is 2.91. The molecule has 2 aromatic rings. The van der Waals surface area contributed by atoms with Crippen molar-refractivity contribution in [1.82, 2.24) is 15.2 Å². The smallest absolute Gasteiger partial charge is 0.159 e. The van der Waals surface area contributed by atoms with E-state index in [1.807, 2.05) is 27.7 Å². The predicted molar refractivity (Wildman–Crippen MR) is 67.2 cm³/mol. The summed E-state index contributed by atoms with van der Waals surface area (Å²) in [6.07, 6.45) is 1.33. The Bertz CT molecular complexity index is 493. The zero-order valence-corrected chi connectivity index (χ0v) is 11.0. The molecule has 0 unspecified atom stereocenters. The molecule has 98 valence electrons. The first-order valence-corrected chi connectivity index (χ1v) is 5.94. The summed E-state index contributed by atoms with van der Waals surface area (Å²) in [4.78, 5) is 3.94. The summed E-state index contributed by atoms with van der Waals surface area (Å²) in [6, 6.07) is 2.35. The van der Waals surface area contributed by atoms with E-state index in [1.54, 1.807) is 0 Å². The van der Waals surface area contributed by atoms with Gasteiger partial charge in [0.05, 0.1) is 0 Å². The van der Waals surface area contributed by atoms with Gasteiger partial charge in [-0.1, -0.05) is 27.7 Å². The van der Waals surface area contributed by atoms with Crippen molar-refractivity contribution >= 4 is 0 Å². The van der Waals surface area contributed by atoms with E-state index in [2.05, 4.69) is 15.2 Å². The topological polar surface area (TPSA) is 41.6 Å². The number of hydrogen-bond donors (Lipinski definition) is 1. The fourth-order valence-electron chi connectivity index (χ4n) is 1.58. The Labute approximate surface area is 105 Å². The van der Waals surface area contributed by atoms with Crippen molar-refractivity contribution < 1.29 is 8.78 Å². The van der Waals surface area contributed by atoms with Crippen LogP contribution in [-0.2, 0) is 0 Å². The van der Waals surface area contributed by atoms with Crippen molar-refractivity contribution in [1.29, 1.82) is 0 Å². The van der Waals surface area contributed by atoms with Crippen LogP contribution < -0.4 is 0 Å². The maximum Gasteiger partial charge on any atom is 0.159 e. The number of hydrogen-bond acceptors (Lipinski definition) is 2. The van der Waals surface area contributed by atoms with Crippen LogP contribution in [0.4, 0.5) is 8.78 Å². The lowest BCUT2D eigenvalue weighted by Crippen LogP contribution is -1.98. The zero-order valence-electron chi connectivity index (χ0n) is 11.0. The molecule has 18 heavy (non-hydrogen) atoms. The number of aromatic amines is 1. The second-order valence-corrected chi connectivity index (χ2v) is 3.84. The third-order valence-corrected chi connectivity index (χ3v) is 2.38. The lowest BCUT2D eigenvalue weighted by Gasteiger charge is -2.11. The average Bonchev–Trinajstić information content (AvgIpc) is 2.88. The van der Waals surface area contributed by atoms with Gasteiger partial charge >= 0.3 is 0 Å². The van der Waals surface area contributed by atoms with Crippen LogP contribution in [0.3, 0.4) is 0 Å². The molecule has 0 amide bonds. The zero-order chi connectivity index (χ0) is 13.7. The minimum atomic E-state index is -0.879. The van der Waals surface area contributed by atoms with E-state index in [0.29, 0.717) is 17.0 Å².